The summed E-state index contributed by atoms with van der Waals surface area (Å²) in [5.41, 5.74) is 0. The maximum Gasteiger partial charge on any atom is 0.317 e. The van der Waals surface area contributed by atoms with Crippen molar-refractivity contribution in [3.8, 4) is 0 Å². The molecule has 7 nitrogen and oxygen atoms in total. The Hall–Kier alpha value is -1.63. The highest BCUT2D eigenvalue weighted by Gasteiger charge is 2.23. The molecule has 7 heteroatoms. The van der Waals surface area contributed by atoms with Gasteiger partial charge < -0.3 is 19.5 Å². The van der Waals surface area contributed by atoms with Crippen molar-refractivity contribution in [3.63, 3.8) is 0 Å². The number of urea groups is 1. The summed E-state index contributed by atoms with van der Waals surface area (Å²) in [5, 5.41) is 6.83. The first-order chi connectivity index (χ1) is 11.0. The molecule has 1 saturated heterocycles. The summed E-state index contributed by atoms with van der Waals surface area (Å²) in [4.78, 5) is 18.1. The summed E-state index contributed by atoms with van der Waals surface area (Å²) >= 11 is 0. The number of hydrogen-bond acceptors (Lipinski definition) is 5. The Bertz CT molecular complexity index is 481. The van der Waals surface area contributed by atoms with Crippen LogP contribution in [-0.4, -0.2) is 53.4 Å². The van der Waals surface area contributed by atoms with Crippen molar-refractivity contribution in [2.75, 3.05) is 26.2 Å². The van der Waals surface area contributed by atoms with Crippen LogP contribution >= 0.6 is 0 Å². The predicted molar refractivity (Wildman–Crippen MR) is 86.1 cm³/mol. The van der Waals surface area contributed by atoms with E-state index in [-0.39, 0.29) is 12.1 Å². The van der Waals surface area contributed by atoms with E-state index in [4.69, 9.17) is 9.26 Å². The second kappa shape index (κ2) is 8.86. The van der Waals surface area contributed by atoms with Gasteiger partial charge in [0.1, 0.15) is 0 Å². The van der Waals surface area contributed by atoms with Crippen LogP contribution in [0.1, 0.15) is 44.8 Å². The number of ether oxygens (including phenoxy) is 1. The highest BCUT2D eigenvalue weighted by Crippen LogP contribution is 2.14. The van der Waals surface area contributed by atoms with Crippen LogP contribution in [0.4, 0.5) is 4.79 Å². The van der Waals surface area contributed by atoms with Gasteiger partial charge in [0.25, 0.3) is 0 Å². The zero-order chi connectivity index (χ0) is 16.7. The number of piperidine rings is 1. The Kier molecular flexibility index (Phi) is 6.83. The van der Waals surface area contributed by atoms with Crippen LogP contribution < -0.4 is 5.32 Å². The van der Waals surface area contributed by atoms with E-state index in [2.05, 4.69) is 29.3 Å². The number of nitrogens with zero attached hydrogens (tertiary/aromatic N) is 3. The van der Waals surface area contributed by atoms with Crippen molar-refractivity contribution in [1.82, 2.24) is 20.4 Å². The van der Waals surface area contributed by atoms with Crippen LogP contribution in [0.5, 0.6) is 0 Å². The lowest BCUT2D eigenvalue weighted by molar-refractivity contribution is 0.0158. The van der Waals surface area contributed by atoms with Crippen molar-refractivity contribution < 1.29 is 14.1 Å². The quantitative estimate of drug-likeness (QED) is 0.831. The van der Waals surface area contributed by atoms with Gasteiger partial charge in [-0.25, -0.2) is 4.79 Å². The topological polar surface area (TPSA) is 80.5 Å². The fourth-order valence-electron chi connectivity index (χ4n) is 2.56. The first-order valence-corrected chi connectivity index (χ1v) is 8.48. The van der Waals surface area contributed by atoms with Gasteiger partial charge in [-0.15, -0.1) is 0 Å². The minimum absolute atomic E-state index is 0.0476. The Morgan fingerprint density at radius 1 is 1.43 bits per heavy atom. The van der Waals surface area contributed by atoms with Crippen molar-refractivity contribution in [2.45, 2.75) is 52.6 Å². The lowest BCUT2D eigenvalue weighted by atomic mass is 10.1. The molecule has 2 amide bonds. The van der Waals surface area contributed by atoms with Gasteiger partial charge in [0, 0.05) is 33.0 Å². The lowest BCUT2D eigenvalue weighted by Gasteiger charge is -2.32. The van der Waals surface area contributed by atoms with Crippen molar-refractivity contribution >= 4 is 6.03 Å². The molecule has 2 rings (SSSR count). The van der Waals surface area contributed by atoms with Gasteiger partial charge >= 0.3 is 6.03 Å². The third-order valence-corrected chi connectivity index (χ3v) is 3.98. The molecule has 23 heavy (non-hydrogen) atoms. The Morgan fingerprint density at radius 3 is 2.78 bits per heavy atom. The molecule has 0 saturated carbocycles. The van der Waals surface area contributed by atoms with Crippen molar-refractivity contribution in [3.05, 3.63) is 11.7 Å². The smallest absolute Gasteiger partial charge is 0.317 e. The first-order valence-electron chi connectivity index (χ1n) is 8.48. The maximum absolute atomic E-state index is 12.0. The van der Waals surface area contributed by atoms with Gasteiger partial charge in [-0.05, 0) is 25.2 Å². The average molecular weight is 324 g/mol. The molecular formula is C16H28N4O3. The van der Waals surface area contributed by atoms with Crippen LogP contribution in [0.25, 0.3) is 0 Å². The van der Waals surface area contributed by atoms with Crippen LogP contribution in [0.2, 0.25) is 0 Å². The minimum atomic E-state index is 0.0476. The molecule has 0 aromatic carbocycles. The number of carbonyl (C=O) groups is 1. The van der Waals surface area contributed by atoms with Crippen LogP contribution in [0.15, 0.2) is 4.52 Å². The molecule has 1 aliphatic rings. The van der Waals surface area contributed by atoms with E-state index < -0.39 is 0 Å². The fraction of sp³-hybridized carbons (Fsp3) is 0.812. The van der Waals surface area contributed by atoms with E-state index in [0.717, 1.165) is 38.9 Å². The number of hydrogen-bond donors (Lipinski definition) is 1. The third-order valence-electron chi connectivity index (χ3n) is 3.98. The Labute approximate surface area is 137 Å². The number of aryl methyl sites for hydroxylation is 1. The van der Waals surface area contributed by atoms with E-state index in [1.165, 1.54) is 0 Å². The number of amides is 2. The monoisotopic (exact) mass is 324 g/mol. The van der Waals surface area contributed by atoms with Crippen LogP contribution in [-0.2, 0) is 11.2 Å². The molecule has 0 bridgehead atoms. The Morgan fingerprint density at radius 2 is 2.17 bits per heavy atom. The molecular weight excluding hydrogens is 296 g/mol. The van der Waals surface area contributed by atoms with Crippen LogP contribution in [0.3, 0.4) is 0 Å². The highest BCUT2D eigenvalue weighted by atomic mass is 16.5. The molecule has 0 unspecified atom stereocenters. The molecule has 0 spiro atoms. The second-order valence-electron chi connectivity index (χ2n) is 6.45. The molecule has 1 fully saturated rings. The highest BCUT2D eigenvalue weighted by molar-refractivity contribution is 5.74. The summed E-state index contributed by atoms with van der Waals surface area (Å²) in [6.07, 6.45) is 3.64. The zero-order valence-electron chi connectivity index (χ0n) is 14.4. The van der Waals surface area contributed by atoms with Gasteiger partial charge in [-0.2, -0.15) is 4.98 Å². The van der Waals surface area contributed by atoms with E-state index in [9.17, 15) is 4.79 Å². The molecule has 1 aromatic heterocycles. The summed E-state index contributed by atoms with van der Waals surface area (Å²) in [7, 11) is 0. The Balaban J connectivity index is 1.59. The zero-order valence-corrected chi connectivity index (χ0v) is 14.4. The maximum atomic E-state index is 12.0. The first kappa shape index (κ1) is 17.7. The number of aromatic nitrogens is 2. The standard InChI is InChI=1S/C16H28N4O3/c1-12(2)4-8-17-16(21)20-9-5-14(6-10-20)22-11-7-15-18-13(3)23-19-15/h12,14H,4-11H2,1-3H3,(H,17,21). The molecule has 1 aliphatic heterocycles. The van der Waals surface area contributed by atoms with Gasteiger partial charge in [0.05, 0.1) is 12.7 Å². The van der Waals surface area contributed by atoms with E-state index in [1.807, 2.05) is 4.90 Å². The molecule has 0 aliphatic carbocycles. The van der Waals surface area contributed by atoms with Gasteiger partial charge in [0.2, 0.25) is 5.89 Å². The SMILES string of the molecule is Cc1nc(CCOC2CCN(C(=O)NCCC(C)C)CC2)no1. The fourth-order valence-corrected chi connectivity index (χ4v) is 2.56. The molecule has 1 N–H and O–H groups in total. The second-order valence-corrected chi connectivity index (χ2v) is 6.45. The van der Waals surface area contributed by atoms with E-state index in [1.54, 1.807) is 6.92 Å². The summed E-state index contributed by atoms with van der Waals surface area (Å²) < 4.78 is 10.8. The van der Waals surface area contributed by atoms with Crippen LogP contribution in [0, 0.1) is 12.8 Å². The van der Waals surface area contributed by atoms with E-state index >= 15 is 0 Å². The number of rotatable bonds is 7. The summed E-state index contributed by atoms with van der Waals surface area (Å²) in [6, 6.07) is 0.0476. The summed E-state index contributed by atoms with van der Waals surface area (Å²) in [5.74, 6) is 1.87. The predicted octanol–water partition coefficient (Wildman–Crippen LogP) is 2.16. The third kappa shape index (κ3) is 6.17. The number of nitrogens with one attached hydrogen (secondary N) is 1. The largest absolute Gasteiger partial charge is 0.378 e. The molecule has 0 atom stereocenters. The lowest BCUT2D eigenvalue weighted by Crippen LogP contribution is -2.46. The normalized spacial score (nSPS) is 16.1. The number of likely N-dealkylation sites (tertiary alicyclic amines) is 1. The van der Waals surface area contributed by atoms with E-state index in [0.29, 0.717) is 30.7 Å². The molecule has 0 radical (unpaired) electrons. The molecule has 130 valence electrons. The van der Waals surface area contributed by atoms with Gasteiger partial charge in [0.15, 0.2) is 5.82 Å². The summed E-state index contributed by atoms with van der Waals surface area (Å²) in [6.45, 7) is 8.93. The molecule has 1 aromatic rings. The van der Waals surface area contributed by atoms with Gasteiger partial charge in [-0.3, -0.25) is 0 Å². The number of carbonyl (C=O) groups excluding carboxylic acids is 1. The van der Waals surface area contributed by atoms with Crippen molar-refractivity contribution in [1.29, 1.82) is 0 Å². The molecule has 2 heterocycles. The van der Waals surface area contributed by atoms with Crippen molar-refractivity contribution in [2.24, 2.45) is 5.92 Å². The minimum Gasteiger partial charge on any atom is -0.378 e. The van der Waals surface area contributed by atoms with Gasteiger partial charge in [-0.1, -0.05) is 19.0 Å². The average Bonchev–Trinajstić information content (AvgIpc) is 2.93.